The predicted octanol–water partition coefficient (Wildman–Crippen LogP) is 20.2. The van der Waals surface area contributed by atoms with Gasteiger partial charge in [-0.25, -0.2) is 0 Å². The van der Waals surface area contributed by atoms with Crippen molar-refractivity contribution in [3.8, 4) is 77.9 Å². The van der Waals surface area contributed by atoms with E-state index in [2.05, 4.69) is 249 Å². The second kappa shape index (κ2) is 19.5. The molecular formula is C78H51OP. The van der Waals surface area contributed by atoms with Crippen molar-refractivity contribution in [3.63, 3.8) is 0 Å². The van der Waals surface area contributed by atoms with Gasteiger partial charge in [-0.15, -0.1) is 0 Å². The number of hydrogen-bond acceptors (Lipinski definition) is 1. The molecule has 0 unspecified atom stereocenters. The molecule has 0 N–H and O–H groups in total. The summed E-state index contributed by atoms with van der Waals surface area (Å²) in [5.74, 6) is 0. The van der Waals surface area contributed by atoms with E-state index < -0.39 is 7.14 Å². The first-order chi connectivity index (χ1) is 39.6. The molecule has 80 heavy (non-hydrogen) atoms. The molecule has 374 valence electrons. The first kappa shape index (κ1) is 47.3. The Morgan fingerprint density at radius 3 is 0.875 bits per heavy atom. The molecule has 0 radical (unpaired) electrons. The lowest BCUT2D eigenvalue weighted by Gasteiger charge is -2.28. The van der Waals surface area contributed by atoms with Crippen molar-refractivity contribution in [1.29, 1.82) is 0 Å². The van der Waals surface area contributed by atoms with Crippen LogP contribution in [0.2, 0.25) is 0 Å². The molecule has 0 aliphatic heterocycles. The molecule has 0 saturated carbocycles. The molecule has 15 aromatic rings. The van der Waals surface area contributed by atoms with Gasteiger partial charge in [0.2, 0.25) is 0 Å². The van der Waals surface area contributed by atoms with Gasteiger partial charge in [-0.05, 0) is 144 Å². The van der Waals surface area contributed by atoms with Crippen LogP contribution >= 0.6 is 7.14 Å². The van der Waals surface area contributed by atoms with E-state index in [1.807, 2.05) is 60.7 Å². The van der Waals surface area contributed by atoms with Crippen LogP contribution < -0.4 is 15.9 Å². The van der Waals surface area contributed by atoms with E-state index in [0.29, 0.717) is 0 Å². The molecule has 0 saturated heterocycles. The summed E-state index contributed by atoms with van der Waals surface area (Å²) in [6.07, 6.45) is 0. The van der Waals surface area contributed by atoms with Crippen molar-refractivity contribution in [2.45, 2.75) is 0 Å². The normalized spacial score (nSPS) is 11.8. The Hall–Kier alpha value is -9.91. The van der Waals surface area contributed by atoms with Crippen molar-refractivity contribution >= 4 is 76.9 Å². The zero-order chi connectivity index (χ0) is 53.2. The van der Waals surface area contributed by atoms with Crippen molar-refractivity contribution in [2.24, 2.45) is 0 Å². The average Bonchev–Trinajstić information content (AvgIpc) is 3.05. The van der Waals surface area contributed by atoms with Crippen molar-refractivity contribution < 1.29 is 4.57 Å². The SMILES string of the molecule is O=P(c1ccccc1)(c1ccccc1)c1cccc(-c2cc(-c3ccccc3)c3c4cccc5c6c(-c7ccccc7)c(-c7ccccc7)c(-c7ccccc7)c(-c7ccccc7)c6c6cccc(c3c2-c2ccccc2)c6c45)c1. The summed E-state index contributed by atoms with van der Waals surface area (Å²) in [6, 6.07) is 111. The number of benzene rings is 15. The number of fused-ring (bicyclic) bond motifs is 6. The maximum Gasteiger partial charge on any atom is 0.171 e. The Balaban J connectivity index is 1.18. The lowest BCUT2D eigenvalue weighted by Crippen LogP contribution is -2.25. The van der Waals surface area contributed by atoms with Gasteiger partial charge in [-0.2, -0.15) is 0 Å². The zero-order valence-corrected chi connectivity index (χ0v) is 44.7. The van der Waals surface area contributed by atoms with Gasteiger partial charge in [0, 0.05) is 15.9 Å². The monoisotopic (exact) mass is 1030 g/mol. The Bertz CT molecular complexity index is 4790. The summed E-state index contributed by atoms with van der Waals surface area (Å²) in [7, 11) is -3.34. The van der Waals surface area contributed by atoms with Crippen LogP contribution in [0.1, 0.15) is 0 Å². The first-order valence-corrected chi connectivity index (χ1v) is 29.2. The molecule has 0 fully saturated rings. The smallest absolute Gasteiger partial charge is 0.171 e. The second-order valence-corrected chi connectivity index (χ2v) is 23.6. The van der Waals surface area contributed by atoms with Gasteiger partial charge in [-0.1, -0.05) is 297 Å². The minimum atomic E-state index is -3.34. The van der Waals surface area contributed by atoms with Gasteiger partial charge >= 0.3 is 0 Å². The highest BCUT2D eigenvalue weighted by Gasteiger charge is 2.33. The van der Waals surface area contributed by atoms with Crippen LogP contribution in [0.5, 0.6) is 0 Å². The highest BCUT2D eigenvalue weighted by molar-refractivity contribution is 7.85. The molecule has 0 amide bonds. The lowest BCUT2D eigenvalue weighted by molar-refractivity contribution is 0.592. The van der Waals surface area contributed by atoms with E-state index in [1.54, 1.807) is 0 Å². The molecule has 0 heterocycles. The summed E-state index contributed by atoms with van der Waals surface area (Å²) >= 11 is 0. The number of rotatable bonds is 10. The molecule has 0 aliphatic rings. The molecule has 0 bridgehead atoms. The lowest BCUT2D eigenvalue weighted by atomic mass is 9.74. The topological polar surface area (TPSA) is 17.1 Å². The van der Waals surface area contributed by atoms with E-state index in [1.165, 1.54) is 87.2 Å². The van der Waals surface area contributed by atoms with Crippen molar-refractivity contribution in [1.82, 2.24) is 0 Å². The van der Waals surface area contributed by atoms with E-state index >= 15 is 4.57 Å². The minimum absolute atomic E-state index is 0.792. The van der Waals surface area contributed by atoms with Crippen molar-refractivity contribution in [3.05, 3.63) is 309 Å². The number of hydrogen-bond donors (Lipinski definition) is 0. The summed E-state index contributed by atoms with van der Waals surface area (Å²) in [4.78, 5) is 0. The maximum absolute atomic E-state index is 16.2. The zero-order valence-electron chi connectivity index (χ0n) is 43.8. The molecule has 15 rings (SSSR count). The maximum atomic E-state index is 16.2. The van der Waals surface area contributed by atoms with Gasteiger partial charge in [-0.3, -0.25) is 0 Å². The predicted molar refractivity (Wildman–Crippen MR) is 343 cm³/mol. The average molecular weight is 1040 g/mol. The van der Waals surface area contributed by atoms with Crippen LogP contribution in [0.4, 0.5) is 0 Å². The van der Waals surface area contributed by atoms with Crippen LogP contribution in [0.3, 0.4) is 0 Å². The summed E-state index contributed by atoms with van der Waals surface area (Å²) < 4.78 is 16.2. The Labute approximate surface area is 466 Å². The molecule has 0 spiro atoms. The molecule has 0 atom stereocenters. The fraction of sp³-hybridized carbons (Fsp3) is 0. The molecule has 0 aromatic heterocycles. The standard InChI is InChI=1S/C78H51OP/c79-80(59-41-21-7-22-42-59,60-43-23-8-24-44-60)61-45-25-40-58(50-61)67-51-66(52-28-9-1-10-29-52)75-62-46-26-48-64-73(62)74-63(76(75)68(67)53-30-11-2-12-31-53)47-27-49-65(74)78-72(57-38-19-6-20-39-57)70(55-34-15-4-16-35-55)69(54-32-13-3-14-33-54)71(77(64)78)56-36-17-5-18-37-56/h1-51H. The fourth-order valence-electron chi connectivity index (χ4n) is 13.1. The highest BCUT2D eigenvalue weighted by atomic mass is 31.2. The summed E-state index contributed by atoms with van der Waals surface area (Å²) in [6.45, 7) is 0. The molecule has 1 nitrogen and oxygen atoms in total. The van der Waals surface area contributed by atoms with Crippen LogP contribution in [0, 0.1) is 0 Å². The first-order valence-electron chi connectivity index (χ1n) is 27.5. The second-order valence-electron chi connectivity index (χ2n) is 20.8. The molecule has 2 heteroatoms. The van der Waals surface area contributed by atoms with Crippen LogP contribution in [0.25, 0.3) is 132 Å². The van der Waals surface area contributed by atoms with Crippen LogP contribution in [0.15, 0.2) is 309 Å². The van der Waals surface area contributed by atoms with Gasteiger partial charge in [0.15, 0.2) is 7.14 Å². The third-order valence-electron chi connectivity index (χ3n) is 16.4. The van der Waals surface area contributed by atoms with E-state index in [-0.39, 0.29) is 0 Å². The van der Waals surface area contributed by atoms with Gasteiger partial charge < -0.3 is 4.57 Å². The highest BCUT2D eigenvalue weighted by Crippen LogP contribution is 2.58. The molecular weight excluding hydrogens is 984 g/mol. The van der Waals surface area contributed by atoms with Crippen LogP contribution in [-0.4, -0.2) is 0 Å². The quantitative estimate of drug-likeness (QED) is 0.0758. The summed E-state index contributed by atoms with van der Waals surface area (Å²) in [5, 5.41) is 14.5. The van der Waals surface area contributed by atoms with Crippen molar-refractivity contribution in [2.75, 3.05) is 0 Å². The van der Waals surface area contributed by atoms with Crippen LogP contribution in [-0.2, 0) is 4.57 Å². The summed E-state index contributed by atoms with van der Waals surface area (Å²) in [5.41, 5.74) is 16.1. The van der Waals surface area contributed by atoms with Gasteiger partial charge in [0.25, 0.3) is 0 Å². The van der Waals surface area contributed by atoms with E-state index in [9.17, 15) is 0 Å². The van der Waals surface area contributed by atoms with E-state index in [4.69, 9.17) is 0 Å². The van der Waals surface area contributed by atoms with Gasteiger partial charge in [0.05, 0.1) is 0 Å². The Morgan fingerprint density at radius 2 is 0.475 bits per heavy atom. The Kier molecular flexibility index (Phi) is 11.5. The largest absolute Gasteiger partial charge is 0.309 e. The third-order valence-corrected chi connectivity index (χ3v) is 19.5. The minimum Gasteiger partial charge on any atom is -0.309 e. The Morgan fingerprint density at radius 1 is 0.188 bits per heavy atom. The van der Waals surface area contributed by atoms with Gasteiger partial charge in [0.1, 0.15) is 0 Å². The molecule has 0 aliphatic carbocycles. The fourth-order valence-corrected chi connectivity index (χ4v) is 15.8. The third kappa shape index (κ3) is 7.50. The molecule has 15 aromatic carbocycles. The van der Waals surface area contributed by atoms with E-state index in [0.717, 1.165) is 60.4 Å².